The highest BCUT2D eigenvalue weighted by Crippen LogP contribution is 2.42. The van der Waals surface area contributed by atoms with Crippen molar-refractivity contribution in [1.82, 2.24) is 18.5 Å². The van der Waals surface area contributed by atoms with Gasteiger partial charge in [0.1, 0.15) is 17.5 Å². The summed E-state index contributed by atoms with van der Waals surface area (Å²) in [6.45, 7) is 5.57. The van der Waals surface area contributed by atoms with E-state index in [1.54, 1.807) is 14.0 Å². The SMILES string of the molecule is CCOC(=O)C12CCC(CN(CCOC)C1)N2S(=O)N1CCC(Oc2ccc(F)cn2)CC1.O=CO. The second-order valence-electron chi connectivity index (χ2n) is 8.90. The zero-order valence-electron chi connectivity index (χ0n) is 20.7. The second kappa shape index (κ2) is 13.4. The van der Waals surface area contributed by atoms with Gasteiger partial charge in [0.25, 0.3) is 6.47 Å². The minimum absolute atomic E-state index is 0.0261. The van der Waals surface area contributed by atoms with Crippen LogP contribution >= 0.6 is 0 Å². The maximum atomic E-state index is 13.8. The van der Waals surface area contributed by atoms with Crippen molar-refractivity contribution in [2.75, 3.05) is 53.0 Å². The third kappa shape index (κ3) is 6.57. The van der Waals surface area contributed by atoms with E-state index < -0.39 is 22.5 Å². The lowest BCUT2D eigenvalue weighted by Crippen LogP contribution is -2.67. The maximum Gasteiger partial charge on any atom is 0.328 e. The van der Waals surface area contributed by atoms with E-state index in [1.165, 1.54) is 12.1 Å². The number of piperazine rings is 1. The van der Waals surface area contributed by atoms with Gasteiger partial charge in [-0.1, -0.05) is 0 Å². The molecule has 4 rings (SSSR count). The number of carboxylic acid groups (broad SMARTS) is 1. The van der Waals surface area contributed by atoms with Crippen LogP contribution in [0.3, 0.4) is 0 Å². The van der Waals surface area contributed by atoms with Gasteiger partial charge in [0.15, 0.2) is 11.2 Å². The number of fused-ring (bicyclic) bond motifs is 2. The predicted molar refractivity (Wildman–Crippen MR) is 129 cm³/mol. The first-order chi connectivity index (χ1) is 17.4. The van der Waals surface area contributed by atoms with Gasteiger partial charge in [0.05, 0.1) is 19.4 Å². The zero-order chi connectivity index (χ0) is 26.1. The van der Waals surface area contributed by atoms with E-state index in [4.69, 9.17) is 24.1 Å². The molecule has 3 saturated heterocycles. The number of piperidine rings is 1. The summed E-state index contributed by atoms with van der Waals surface area (Å²) in [6, 6.07) is 2.87. The van der Waals surface area contributed by atoms with Crippen LogP contribution in [-0.4, -0.2) is 111 Å². The van der Waals surface area contributed by atoms with E-state index in [9.17, 15) is 13.4 Å². The van der Waals surface area contributed by atoms with Gasteiger partial charge in [-0.25, -0.2) is 22.7 Å². The largest absolute Gasteiger partial charge is 0.483 e. The average Bonchev–Trinajstić information content (AvgIpc) is 3.12. The van der Waals surface area contributed by atoms with Crippen LogP contribution < -0.4 is 4.74 Å². The van der Waals surface area contributed by atoms with Crippen molar-refractivity contribution in [3.8, 4) is 5.88 Å². The molecule has 4 heterocycles. The van der Waals surface area contributed by atoms with Crippen molar-refractivity contribution in [2.45, 2.75) is 50.3 Å². The molecule has 0 spiro atoms. The smallest absolute Gasteiger partial charge is 0.328 e. The van der Waals surface area contributed by atoms with Gasteiger partial charge in [-0.3, -0.25) is 9.69 Å². The molecular weight excluding hydrogens is 495 g/mol. The standard InChI is InChI=1S/C22H33FN4O5S.CH2O2/c1-3-31-21(28)22-9-6-18(15-25(16-22)12-13-30-2)27(22)33(29)26-10-7-19(8-11-26)32-20-5-4-17(23)14-24-20;2-1-3/h4-5,14,18-19H,3,6-13,15-16H2,1-2H3;1H,(H,2,3). The Morgan fingerprint density at radius 2 is 2.06 bits per heavy atom. The van der Waals surface area contributed by atoms with Crippen molar-refractivity contribution in [3.63, 3.8) is 0 Å². The topological polar surface area (TPSA) is 122 Å². The Labute approximate surface area is 213 Å². The van der Waals surface area contributed by atoms with Crippen LogP contribution in [0, 0.1) is 5.82 Å². The van der Waals surface area contributed by atoms with Crippen LogP contribution in [-0.2, 0) is 30.2 Å². The summed E-state index contributed by atoms with van der Waals surface area (Å²) in [5.41, 5.74) is -0.900. The minimum atomic E-state index is -1.45. The summed E-state index contributed by atoms with van der Waals surface area (Å²) in [5, 5.41) is 6.89. The first-order valence-corrected chi connectivity index (χ1v) is 13.2. The van der Waals surface area contributed by atoms with Crippen molar-refractivity contribution < 1.29 is 37.5 Å². The number of pyridine rings is 1. The number of halogens is 1. The van der Waals surface area contributed by atoms with Crippen LogP contribution in [0.15, 0.2) is 18.3 Å². The summed E-state index contributed by atoms with van der Waals surface area (Å²) in [4.78, 5) is 27.7. The number of methoxy groups -OCH3 is 1. The Morgan fingerprint density at radius 3 is 2.67 bits per heavy atom. The summed E-state index contributed by atoms with van der Waals surface area (Å²) < 4.78 is 47.2. The summed E-state index contributed by atoms with van der Waals surface area (Å²) >= 11 is -1.45. The van der Waals surface area contributed by atoms with Crippen LogP contribution in [0.1, 0.15) is 32.6 Å². The van der Waals surface area contributed by atoms with Crippen molar-refractivity contribution in [2.24, 2.45) is 0 Å². The molecule has 11 nitrogen and oxygen atoms in total. The van der Waals surface area contributed by atoms with Crippen LogP contribution in [0.5, 0.6) is 5.88 Å². The molecule has 1 aromatic rings. The van der Waals surface area contributed by atoms with Gasteiger partial charge in [-0.15, -0.1) is 0 Å². The molecule has 3 atom stereocenters. The average molecular weight is 531 g/mol. The number of aromatic nitrogens is 1. The van der Waals surface area contributed by atoms with Crippen molar-refractivity contribution in [1.29, 1.82) is 0 Å². The molecule has 0 saturated carbocycles. The van der Waals surface area contributed by atoms with Gasteiger partial charge in [-0.05, 0) is 38.7 Å². The monoisotopic (exact) mass is 530 g/mol. The van der Waals surface area contributed by atoms with Crippen LogP contribution in [0.25, 0.3) is 0 Å². The van der Waals surface area contributed by atoms with Crippen LogP contribution in [0.4, 0.5) is 4.39 Å². The Kier molecular flexibility index (Phi) is 10.5. The number of carbonyl (C=O) groups is 2. The predicted octanol–water partition coefficient (Wildman–Crippen LogP) is 1.07. The fraction of sp³-hybridized carbons (Fsp3) is 0.696. The number of nitrogens with zero attached hydrogens (tertiary/aromatic N) is 4. The zero-order valence-corrected chi connectivity index (χ0v) is 21.5. The van der Waals surface area contributed by atoms with Crippen LogP contribution in [0.2, 0.25) is 0 Å². The van der Waals surface area contributed by atoms with E-state index in [0.717, 1.165) is 25.7 Å². The van der Waals surface area contributed by atoms with E-state index in [0.29, 0.717) is 58.0 Å². The normalized spacial score (nSPS) is 26.0. The minimum Gasteiger partial charge on any atom is -0.483 e. The van der Waals surface area contributed by atoms with Gasteiger partial charge in [0, 0.05) is 51.9 Å². The molecule has 3 aliphatic rings. The molecule has 3 aliphatic heterocycles. The number of ether oxygens (including phenoxy) is 3. The van der Waals surface area contributed by atoms with E-state index in [2.05, 4.69) is 9.88 Å². The molecule has 0 aliphatic carbocycles. The number of esters is 1. The third-order valence-electron chi connectivity index (χ3n) is 6.64. The quantitative estimate of drug-likeness (QED) is 0.369. The lowest BCUT2D eigenvalue weighted by molar-refractivity contribution is -0.157. The maximum absolute atomic E-state index is 13.8. The Morgan fingerprint density at radius 1 is 1.33 bits per heavy atom. The third-order valence-corrected chi connectivity index (χ3v) is 8.43. The number of likely N-dealkylation sites (tertiary alicyclic amines) is 1. The van der Waals surface area contributed by atoms with Gasteiger partial charge < -0.3 is 19.3 Å². The van der Waals surface area contributed by atoms with E-state index in [1.807, 2.05) is 8.61 Å². The Balaban J connectivity index is 0.00000115. The fourth-order valence-corrected chi connectivity index (χ4v) is 6.77. The molecule has 36 heavy (non-hydrogen) atoms. The molecule has 2 bridgehead atoms. The lowest BCUT2D eigenvalue weighted by atomic mass is 9.97. The molecule has 1 aromatic heterocycles. The number of hydrogen-bond acceptors (Lipinski definition) is 8. The van der Waals surface area contributed by atoms with Gasteiger partial charge in [0.2, 0.25) is 5.88 Å². The first-order valence-electron chi connectivity index (χ1n) is 12.1. The van der Waals surface area contributed by atoms with Gasteiger partial charge >= 0.3 is 5.97 Å². The molecule has 0 radical (unpaired) electrons. The van der Waals surface area contributed by atoms with E-state index in [-0.39, 0.29) is 24.6 Å². The summed E-state index contributed by atoms with van der Waals surface area (Å²) in [5.74, 6) is -0.300. The second-order valence-corrected chi connectivity index (χ2v) is 10.3. The van der Waals surface area contributed by atoms with Crippen molar-refractivity contribution in [3.05, 3.63) is 24.1 Å². The summed E-state index contributed by atoms with van der Waals surface area (Å²) in [6.07, 6.45) is 3.87. The highest BCUT2D eigenvalue weighted by Gasteiger charge is 2.60. The molecule has 0 aromatic carbocycles. The van der Waals surface area contributed by atoms with E-state index >= 15 is 0 Å². The fourth-order valence-electron chi connectivity index (χ4n) is 5.05. The molecule has 13 heteroatoms. The summed E-state index contributed by atoms with van der Waals surface area (Å²) in [7, 11) is 1.67. The highest BCUT2D eigenvalue weighted by atomic mass is 32.2. The van der Waals surface area contributed by atoms with Gasteiger partial charge in [-0.2, -0.15) is 4.31 Å². The number of rotatable bonds is 9. The Hall–Kier alpha value is -2.19. The first kappa shape index (κ1) is 28.4. The number of carbonyl (C=O) groups excluding carboxylic acids is 1. The molecule has 0 amide bonds. The molecule has 1 N–H and O–H groups in total. The molecule has 3 unspecified atom stereocenters. The molecule has 202 valence electrons. The van der Waals surface area contributed by atoms with Crippen molar-refractivity contribution >= 4 is 23.6 Å². The lowest BCUT2D eigenvalue weighted by Gasteiger charge is -2.47. The molecule has 3 fully saturated rings. The highest BCUT2D eigenvalue weighted by molar-refractivity contribution is 7.80. The Bertz CT molecular complexity index is 888. The number of hydrogen-bond donors (Lipinski definition) is 1. The molecular formula is C23H35FN4O7S.